The molecule has 2 aromatic rings. The number of halogens is 2. The smallest absolute Gasteiger partial charge is 0.252 e. The van der Waals surface area contributed by atoms with Crippen molar-refractivity contribution in [3.05, 3.63) is 34.8 Å². The zero-order valence-corrected chi connectivity index (χ0v) is 9.42. The van der Waals surface area contributed by atoms with E-state index in [1.807, 2.05) is 0 Å². The first-order valence-corrected chi connectivity index (χ1v) is 4.95. The number of rotatable bonds is 2. The number of hydrogen-bond donors (Lipinski definition) is 0. The Kier molecular flexibility index (Phi) is 2.73. The summed E-state index contributed by atoms with van der Waals surface area (Å²) >= 11 is 3.07. The number of benzene rings is 1. The summed E-state index contributed by atoms with van der Waals surface area (Å²) in [5, 5.41) is 0. The molecule has 3 nitrogen and oxygen atoms in total. The maximum Gasteiger partial charge on any atom is 0.252 e. The summed E-state index contributed by atoms with van der Waals surface area (Å²) in [6.07, 6.45) is 1.37. The third kappa shape index (κ3) is 2.02. The molecule has 0 fully saturated rings. The van der Waals surface area contributed by atoms with E-state index in [1.165, 1.54) is 19.4 Å². The molecule has 0 atom stereocenters. The van der Waals surface area contributed by atoms with Crippen LogP contribution in [-0.4, -0.2) is 12.1 Å². The summed E-state index contributed by atoms with van der Waals surface area (Å²) < 4.78 is 23.6. The number of methoxy groups -OCH3 is 1. The Hall–Kier alpha value is -1.36. The SMILES string of the molecule is COc1coc(-c2ccc(Br)c(F)c2)n1. The van der Waals surface area contributed by atoms with Crippen molar-refractivity contribution in [1.29, 1.82) is 0 Å². The molecule has 0 saturated heterocycles. The molecule has 15 heavy (non-hydrogen) atoms. The van der Waals surface area contributed by atoms with Gasteiger partial charge in [-0.15, -0.1) is 0 Å². The summed E-state index contributed by atoms with van der Waals surface area (Å²) in [5.41, 5.74) is 0.569. The Morgan fingerprint density at radius 1 is 1.47 bits per heavy atom. The van der Waals surface area contributed by atoms with Crippen LogP contribution in [0.4, 0.5) is 4.39 Å². The molecule has 0 aliphatic carbocycles. The van der Waals surface area contributed by atoms with Crippen LogP contribution in [0, 0.1) is 5.82 Å². The second-order valence-electron chi connectivity index (χ2n) is 2.82. The minimum atomic E-state index is -0.357. The quantitative estimate of drug-likeness (QED) is 0.841. The fourth-order valence-corrected chi connectivity index (χ4v) is 1.36. The molecule has 0 bridgehead atoms. The molecule has 0 aliphatic heterocycles. The molecule has 0 radical (unpaired) electrons. The van der Waals surface area contributed by atoms with Crippen molar-refractivity contribution >= 4 is 15.9 Å². The topological polar surface area (TPSA) is 35.3 Å². The third-order valence-corrected chi connectivity index (χ3v) is 2.50. The van der Waals surface area contributed by atoms with Gasteiger partial charge in [-0.1, -0.05) is 0 Å². The third-order valence-electron chi connectivity index (χ3n) is 1.86. The average Bonchev–Trinajstić information content (AvgIpc) is 2.70. The van der Waals surface area contributed by atoms with Gasteiger partial charge in [0, 0.05) is 5.56 Å². The van der Waals surface area contributed by atoms with E-state index in [9.17, 15) is 4.39 Å². The number of ether oxygens (including phenoxy) is 1. The van der Waals surface area contributed by atoms with Gasteiger partial charge in [-0.25, -0.2) is 4.39 Å². The van der Waals surface area contributed by atoms with E-state index in [2.05, 4.69) is 20.9 Å². The number of aromatic nitrogens is 1. The molecule has 0 saturated carbocycles. The normalized spacial score (nSPS) is 10.3. The molecule has 0 spiro atoms. The van der Waals surface area contributed by atoms with Crippen molar-refractivity contribution in [3.63, 3.8) is 0 Å². The maximum atomic E-state index is 13.2. The number of nitrogens with zero attached hydrogens (tertiary/aromatic N) is 1. The lowest BCUT2D eigenvalue weighted by Crippen LogP contribution is -1.84. The zero-order chi connectivity index (χ0) is 10.8. The monoisotopic (exact) mass is 271 g/mol. The Morgan fingerprint density at radius 2 is 2.27 bits per heavy atom. The highest BCUT2D eigenvalue weighted by Crippen LogP contribution is 2.25. The van der Waals surface area contributed by atoms with Gasteiger partial charge in [0.25, 0.3) is 5.88 Å². The van der Waals surface area contributed by atoms with E-state index in [1.54, 1.807) is 12.1 Å². The van der Waals surface area contributed by atoms with Crippen molar-refractivity contribution in [2.24, 2.45) is 0 Å². The fourth-order valence-electron chi connectivity index (χ4n) is 1.11. The van der Waals surface area contributed by atoms with Gasteiger partial charge in [-0.3, -0.25) is 0 Å². The zero-order valence-electron chi connectivity index (χ0n) is 7.83. The Morgan fingerprint density at radius 3 is 2.87 bits per heavy atom. The van der Waals surface area contributed by atoms with Crippen molar-refractivity contribution in [2.75, 3.05) is 7.11 Å². The van der Waals surface area contributed by atoms with E-state index in [0.717, 1.165) is 0 Å². The van der Waals surface area contributed by atoms with Crippen LogP contribution in [0.15, 0.2) is 33.4 Å². The van der Waals surface area contributed by atoms with E-state index in [-0.39, 0.29) is 5.82 Å². The lowest BCUT2D eigenvalue weighted by molar-refractivity contribution is 0.395. The lowest BCUT2D eigenvalue weighted by Gasteiger charge is -1.97. The fraction of sp³-hybridized carbons (Fsp3) is 0.100. The van der Waals surface area contributed by atoms with Crippen LogP contribution in [0.1, 0.15) is 0 Å². The van der Waals surface area contributed by atoms with Gasteiger partial charge in [0.15, 0.2) is 6.26 Å². The van der Waals surface area contributed by atoms with Crippen molar-refractivity contribution in [1.82, 2.24) is 4.98 Å². The molecule has 0 N–H and O–H groups in total. The second-order valence-corrected chi connectivity index (χ2v) is 3.68. The van der Waals surface area contributed by atoms with Crippen molar-refractivity contribution < 1.29 is 13.5 Å². The molecule has 0 unspecified atom stereocenters. The van der Waals surface area contributed by atoms with E-state index in [4.69, 9.17) is 9.15 Å². The van der Waals surface area contributed by atoms with Crippen molar-refractivity contribution in [3.8, 4) is 17.3 Å². The van der Waals surface area contributed by atoms with Crippen LogP contribution in [0.3, 0.4) is 0 Å². The number of hydrogen-bond acceptors (Lipinski definition) is 3. The summed E-state index contributed by atoms with van der Waals surface area (Å²) in [5.74, 6) is 0.344. The van der Waals surface area contributed by atoms with Gasteiger partial charge >= 0.3 is 0 Å². The van der Waals surface area contributed by atoms with Gasteiger partial charge in [0.05, 0.1) is 11.6 Å². The van der Waals surface area contributed by atoms with E-state index < -0.39 is 0 Å². The molecule has 5 heteroatoms. The summed E-state index contributed by atoms with van der Waals surface area (Å²) in [6.45, 7) is 0. The Labute approximate surface area is 94.0 Å². The van der Waals surface area contributed by atoms with Crippen LogP contribution >= 0.6 is 15.9 Å². The van der Waals surface area contributed by atoms with E-state index in [0.29, 0.717) is 21.8 Å². The Balaban J connectivity index is 2.40. The Bertz CT molecular complexity index is 484. The highest BCUT2D eigenvalue weighted by atomic mass is 79.9. The second kappa shape index (κ2) is 4.02. The first-order valence-electron chi connectivity index (χ1n) is 4.15. The van der Waals surface area contributed by atoms with Crippen LogP contribution in [0.5, 0.6) is 5.88 Å². The summed E-state index contributed by atoms with van der Waals surface area (Å²) in [4.78, 5) is 4.00. The van der Waals surface area contributed by atoms with Crippen LogP contribution in [0.2, 0.25) is 0 Å². The van der Waals surface area contributed by atoms with Gasteiger partial charge in [0.2, 0.25) is 5.89 Å². The first kappa shape index (κ1) is 10.2. The predicted octanol–water partition coefficient (Wildman–Crippen LogP) is 3.25. The molecule has 0 aliphatic rings. The average molecular weight is 272 g/mol. The van der Waals surface area contributed by atoms with Crippen LogP contribution in [0.25, 0.3) is 11.5 Å². The van der Waals surface area contributed by atoms with Crippen LogP contribution in [-0.2, 0) is 0 Å². The molecule has 78 valence electrons. The van der Waals surface area contributed by atoms with Gasteiger partial charge in [-0.2, -0.15) is 4.98 Å². The number of oxazole rings is 1. The van der Waals surface area contributed by atoms with E-state index >= 15 is 0 Å². The highest BCUT2D eigenvalue weighted by Gasteiger charge is 2.08. The van der Waals surface area contributed by atoms with Crippen LogP contribution < -0.4 is 4.74 Å². The standard InChI is InChI=1S/C10H7BrFNO2/c1-14-9-5-15-10(13-9)6-2-3-7(11)8(12)4-6/h2-5H,1H3. The first-order chi connectivity index (χ1) is 7.20. The lowest BCUT2D eigenvalue weighted by atomic mass is 10.2. The van der Waals surface area contributed by atoms with Gasteiger partial charge in [-0.05, 0) is 34.1 Å². The summed E-state index contributed by atoms with van der Waals surface area (Å²) in [6, 6.07) is 4.65. The van der Waals surface area contributed by atoms with Crippen molar-refractivity contribution in [2.45, 2.75) is 0 Å². The molecule has 1 aromatic carbocycles. The molecule has 1 aromatic heterocycles. The highest BCUT2D eigenvalue weighted by molar-refractivity contribution is 9.10. The largest absolute Gasteiger partial charge is 0.479 e. The molecular formula is C10H7BrFNO2. The van der Waals surface area contributed by atoms with Gasteiger partial charge < -0.3 is 9.15 Å². The molecular weight excluding hydrogens is 265 g/mol. The minimum Gasteiger partial charge on any atom is -0.479 e. The maximum absolute atomic E-state index is 13.2. The molecule has 0 amide bonds. The summed E-state index contributed by atoms with van der Waals surface area (Å²) in [7, 11) is 1.49. The molecule has 2 rings (SSSR count). The minimum absolute atomic E-state index is 0.332. The van der Waals surface area contributed by atoms with Gasteiger partial charge in [0.1, 0.15) is 5.82 Å². The molecule has 1 heterocycles. The predicted molar refractivity (Wildman–Crippen MR) is 56.1 cm³/mol.